The summed E-state index contributed by atoms with van der Waals surface area (Å²) in [7, 11) is 5.13. The third kappa shape index (κ3) is 6.57. The van der Waals surface area contributed by atoms with E-state index in [0.717, 1.165) is 56.6 Å². The first-order chi connectivity index (χ1) is 26.8. The molecule has 2 aliphatic rings. The number of hydrogen-bond acceptors (Lipinski definition) is 6. The van der Waals surface area contributed by atoms with Gasteiger partial charge < -0.3 is 27.9 Å². The number of para-hydroxylation sites is 2. The minimum Gasteiger partial charge on any atom is -0.497 e. The largest absolute Gasteiger partial charge is 0.497 e. The molecule has 0 spiro atoms. The molecule has 0 saturated carbocycles. The van der Waals surface area contributed by atoms with Crippen molar-refractivity contribution < 1.29 is 18.5 Å². The second-order valence-electron chi connectivity index (χ2n) is 16.4. The van der Waals surface area contributed by atoms with Crippen LogP contribution in [0, 0.1) is 0 Å². The van der Waals surface area contributed by atoms with Crippen molar-refractivity contribution in [3.63, 3.8) is 0 Å². The van der Waals surface area contributed by atoms with Crippen LogP contribution in [0.1, 0.15) is 52.7 Å². The summed E-state index contributed by atoms with van der Waals surface area (Å²) in [6, 6.07) is 43.0. The van der Waals surface area contributed by atoms with E-state index in [4.69, 9.17) is 18.5 Å². The first-order valence-electron chi connectivity index (χ1n) is 19.1. The number of benzene rings is 6. The van der Waals surface area contributed by atoms with E-state index >= 15 is 0 Å². The second kappa shape index (κ2) is 14.5. The first-order valence-corrected chi connectivity index (χ1v) is 21.5. The van der Waals surface area contributed by atoms with Crippen LogP contribution in [0.25, 0.3) is 33.4 Å². The molecule has 2 heterocycles. The summed E-state index contributed by atoms with van der Waals surface area (Å²) < 4.78 is 32.0. The van der Waals surface area contributed by atoms with Crippen molar-refractivity contribution in [2.75, 3.05) is 37.7 Å². The van der Waals surface area contributed by atoms with Crippen molar-refractivity contribution in [3.8, 4) is 56.4 Å². The quantitative estimate of drug-likeness (QED) is 0.150. The van der Waals surface area contributed by atoms with Crippen LogP contribution >= 0.6 is 16.6 Å². The molecule has 6 nitrogen and oxygen atoms in total. The number of ether oxygens (including phenoxy) is 2. The summed E-state index contributed by atoms with van der Waals surface area (Å²) in [5, 5.41) is 2.34. The van der Waals surface area contributed by atoms with E-state index in [1.165, 1.54) is 32.9 Å². The molecule has 0 bridgehead atoms. The Balaban J connectivity index is 1.39. The maximum atomic E-state index is 7.60. The van der Waals surface area contributed by atoms with Crippen molar-refractivity contribution in [2.45, 2.75) is 52.4 Å². The normalized spacial score (nSPS) is 16.0. The maximum Gasteiger partial charge on any atom is 0.225 e. The molecule has 2 atom stereocenters. The molecular formula is C48H50N2O4P2. The van der Waals surface area contributed by atoms with Gasteiger partial charge in [-0.2, -0.15) is 0 Å². The molecule has 0 radical (unpaired) electrons. The van der Waals surface area contributed by atoms with Crippen molar-refractivity contribution in [2.24, 2.45) is 0 Å². The Morgan fingerprint density at radius 3 is 1.12 bits per heavy atom. The number of nitrogens with zero attached hydrogens (tertiary/aromatic N) is 2. The second-order valence-corrected chi connectivity index (χ2v) is 20.1. The van der Waals surface area contributed by atoms with Gasteiger partial charge >= 0.3 is 0 Å². The summed E-state index contributed by atoms with van der Waals surface area (Å²) >= 11 is 0. The smallest absolute Gasteiger partial charge is 0.225 e. The molecule has 0 aromatic heterocycles. The maximum absolute atomic E-state index is 7.60. The van der Waals surface area contributed by atoms with Crippen LogP contribution in [-0.4, -0.2) is 28.3 Å². The van der Waals surface area contributed by atoms with Gasteiger partial charge in [0.1, 0.15) is 23.0 Å². The molecule has 286 valence electrons. The molecule has 6 aromatic rings. The predicted octanol–water partition coefficient (Wildman–Crippen LogP) is 12.2. The van der Waals surface area contributed by atoms with Gasteiger partial charge in [0, 0.05) is 58.1 Å². The highest BCUT2D eigenvalue weighted by Crippen LogP contribution is 2.59. The third-order valence-electron chi connectivity index (χ3n) is 10.7. The number of methoxy groups -OCH3 is 2. The number of fused-ring (bicyclic) bond motifs is 6. The molecule has 0 amide bonds. The standard InChI is InChI=1S/C48H50N2O4P2/c1-47(2,3)39-29-31(51-9)27-37(45(39)53-55-43-25-17-13-21-35(43)33-19-11-15-23-41(33)49(55)7)38-28-32(52-10)30-40(48(4,5)6)46(38)54-56-44-26-18-14-22-36(44)34-20-12-16-24-42(34)50(56)8/h11-30H,1-10H3. The van der Waals surface area contributed by atoms with Gasteiger partial charge in [-0.3, -0.25) is 0 Å². The van der Waals surface area contributed by atoms with Crippen LogP contribution in [0.5, 0.6) is 23.0 Å². The van der Waals surface area contributed by atoms with Crippen molar-refractivity contribution >= 4 is 38.6 Å². The lowest BCUT2D eigenvalue weighted by Gasteiger charge is -2.39. The van der Waals surface area contributed by atoms with Crippen LogP contribution < -0.4 is 38.5 Å². The fourth-order valence-electron chi connectivity index (χ4n) is 7.77. The Hall–Kier alpha value is -5.02. The van der Waals surface area contributed by atoms with Gasteiger partial charge in [-0.25, -0.2) is 0 Å². The van der Waals surface area contributed by atoms with Gasteiger partial charge in [0.25, 0.3) is 0 Å². The average molecular weight is 781 g/mol. The lowest BCUT2D eigenvalue weighted by atomic mass is 9.81. The predicted molar refractivity (Wildman–Crippen MR) is 237 cm³/mol. The zero-order chi connectivity index (χ0) is 39.5. The van der Waals surface area contributed by atoms with Crippen LogP contribution in [0.2, 0.25) is 0 Å². The van der Waals surface area contributed by atoms with Crippen LogP contribution in [0.15, 0.2) is 121 Å². The fourth-order valence-corrected chi connectivity index (χ4v) is 11.6. The van der Waals surface area contributed by atoms with Gasteiger partial charge in [-0.05, 0) is 70.5 Å². The average Bonchev–Trinajstić information content (AvgIpc) is 3.20. The van der Waals surface area contributed by atoms with Gasteiger partial charge in [0.2, 0.25) is 16.6 Å². The van der Waals surface area contributed by atoms with Gasteiger partial charge in [-0.1, -0.05) is 114 Å². The van der Waals surface area contributed by atoms with Crippen LogP contribution in [0.3, 0.4) is 0 Å². The van der Waals surface area contributed by atoms with Gasteiger partial charge in [0.15, 0.2) is 0 Å². The van der Waals surface area contributed by atoms with E-state index in [1.54, 1.807) is 14.2 Å². The molecule has 8 heteroatoms. The van der Waals surface area contributed by atoms with Crippen molar-refractivity contribution in [1.82, 2.24) is 0 Å². The molecule has 0 N–H and O–H groups in total. The minimum absolute atomic E-state index is 0.303. The zero-order valence-corrected chi connectivity index (χ0v) is 35.8. The lowest BCUT2D eigenvalue weighted by molar-refractivity contribution is 0.410. The highest BCUT2D eigenvalue weighted by Gasteiger charge is 2.38. The van der Waals surface area contributed by atoms with E-state index in [9.17, 15) is 0 Å². The molecule has 6 aromatic carbocycles. The third-order valence-corrected chi connectivity index (χ3v) is 14.5. The summed E-state index contributed by atoms with van der Waals surface area (Å²) in [4.78, 5) is 0. The number of hydrogen-bond donors (Lipinski definition) is 0. The van der Waals surface area contributed by atoms with Crippen molar-refractivity contribution in [3.05, 3.63) is 132 Å². The van der Waals surface area contributed by atoms with E-state index < -0.39 is 16.6 Å². The van der Waals surface area contributed by atoms with E-state index in [-0.39, 0.29) is 10.8 Å². The Kier molecular flexibility index (Phi) is 9.80. The van der Waals surface area contributed by atoms with Gasteiger partial charge in [0.05, 0.1) is 25.6 Å². The summed E-state index contributed by atoms with van der Waals surface area (Å²) in [5.41, 5.74) is 10.4. The summed E-state index contributed by atoms with van der Waals surface area (Å²) in [5.74, 6) is 3.11. The molecule has 8 rings (SSSR count). The SMILES string of the molecule is COc1cc(-c2cc(OC)cc(C(C)(C)C)c2OP2c3ccccc3-c3ccccc3N2C)c(OP2c3ccccc3-c3ccccc3N2C)c(C(C)(C)C)c1. The highest BCUT2D eigenvalue weighted by atomic mass is 31.2. The zero-order valence-electron chi connectivity index (χ0n) is 34.0. The Morgan fingerprint density at radius 1 is 0.429 bits per heavy atom. The summed E-state index contributed by atoms with van der Waals surface area (Å²) in [6.07, 6.45) is 0. The number of rotatable bonds is 7. The Bertz CT molecular complexity index is 2280. The van der Waals surface area contributed by atoms with Crippen LogP contribution in [0.4, 0.5) is 11.4 Å². The molecule has 0 aliphatic carbocycles. The van der Waals surface area contributed by atoms with E-state index in [2.05, 4.69) is 186 Å². The highest BCUT2D eigenvalue weighted by molar-refractivity contribution is 7.63. The molecule has 2 unspecified atom stereocenters. The Labute approximate surface area is 334 Å². The van der Waals surface area contributed by atoms with E-state index in [0.29, 0.717) is 0 Å². The Morgan fingerprint density at radius 2 is 0.768 bits per heavy atom. The molecule has 2 aliphatic heterocycles. The van der Waals surface area contributed by atoms with Crippen molar-refractivity contribution in [1.29, 1.82) is 0 Å². The van der Waals surface area contributed by atoms with Gasteiger partial charge in [-0.15, -0.1) is 0 Å². The van der Waals surface area contributed by atoms with E-state index in [1.807, 2.05) is 0 Å². The fraction of sp³-hybridized carbons (Fsp3) is 0.250. The first kappa shape index (κ1) is 37.9. The van der Waals surface area contributed by atoms with Crippen LogP contribution in [-0.2, 0) is 10.8 Å². The molecular weight excluding hydrogens is 730 g/mol. The lowest BCUT2D eigenvalue weighted by Crippen LogP contribution is -2.28. The molecule has 0 fully saturated rings. The summed E-state index contributed by atoms with van der Waals surface area (Å²) in [6.45, 7) is 13.4. The molecule has 56 heavy (non-hydrogen) atoms. The molecule has 0 saturated heterocycles. The topological polar surface area (TPSA) is 43.4 Å². The minimum atomic E-state index is -1.32. The monoisotopic (exact) mass is 780 g/mol. The number of anilines is 2.